The van der Waals surface area contributed by atoms with E-state index in [1.165, 1.54) is 0 Å². The molecule has 1 saturated carbocycles. The molecule has 1 fully saturated rings. The van der Waals surface area contributed by atoms with E-state index in [0.717, 1.165) is 51.4 Å². The molecule has 0 aliphatic heterocycles. The minimum absolute atomic E-state index is 0.309. The van der Waals surface area contributed by atoms with Crippen molar-refractivity contribution in [3.8, 4) is 0 Å². The van der Waals surface area contributed by atoms with Crippen LogP contribution >= 0.6 is 0 Å². The molecule has 0 bridgehead atoms. The fourth-order valence-electron chi connectivity index (χ4n) is 3.54. The molecule has 0 aromatic heterocycles. The van der Waals surface area contributed by atoms with Crippen molar-refractivity contribution in [3.63, 3.8) is 0 Å². The van der Waals surface area contributed by atoms with Crippen LogP contribution in [0, 0.1) is 5.92 Å². The largest absolute Gasteiger partial charge is 0.381 e. The van der Waals surface area contributed by atoms with Crippen molar-refractivity contribution in [1.82, 2.24) is 0 Å². The Morgan fingerprint density at radius 2 is 1.55 bits per heavy atom. The first-order valence-electron chi connectivity index (χ1n) is 11.5. The second-order valence-electron chi connectivity index (χ2n) is 7.91. The molecule has 3 unspecified atom stereocenters. The van der Waals surface area contributed by atoms with E-state index in [4.69, 9.17) is 18.9 Å². The summed E-state index contributed by atoms with van der Waals surface area (Å²) in [5.41, 5.74) is -1.54. The van der Waals surface area contributed by atoms with Gasteiger partial charge in [0.15, 0.2) is 11.9 Å². The molecule has 0 amide bonds. The molecule has 6 heteroatoms. The van der Waals surface area contributed by atoms with Crippen LogP contribution in [0.1, 0.15) is 72.1 Å². The fourth-order valence-corrected chi connectivity index (χ4v) is 3.54. The van der Waals surface area contributed by atoms with Crippen molar-refractivity contribution >= 4 is 0 Å². The van der Waals surface area contributed by atoms with E-state index in [1.54, 1.807) is 0 Å². The Bertz CT molecular complexity index is 418. The quantitative estimate of drug-likeness (QED) is 0.189. The van der Waals surface area contributed by atoms with Crippen LogP contribution in [-0.2, 0) is 18.9 Å². The Labute approximate surface area is 177 Å². The smallest absolute Gasteiger partial charge is 0.186 e. The summed E-state index contributed by atoms with van der Waals surface area (Å²) in [6, 6.07) is 0. The van der Waals surface area contributed by atoms with Crippen LogP contribution in [0.5, 0.6) is 0 Å². The van der Waals surface area contributed by atoms with Crippen LogP contribution in [-0.4, -0.2) is 67.3 Å². The lowest BCUT2D eigenvalue weighted by atomic mass is 9.63. The maximum atomic E-state index is 11.5. The molecule has 0 aromatic rings. The van der Waals surface area contributed by atoms with Crippen molar-refractivity contribution in [2.24, 2.45) is 5.92 Å². The summed E-state index contributed by atoms with van der Waals surface area (Å²) in [6.07, 6.45) is 6.95. The summed E-state index contributed by atoms with van der Waals surface area (Å²) in [5, 5.41) is 22.2. The van der Waals surface area contributed by atoms with Gasteiger partial charge in [-0.15, -0.1) is 6.58 Å². The number of rotatable bonds is 19. The van der Waals surface area contributed by atoms with E-state index in [2.05, 4.69) is 27.4 Å². The van der Waals surface area contributed by atoms with Crippen molar-refractivity contribution in [1.29, 1.82) is 0 Å². The number of unbranched alkanes of at least 4 members (excludes halogenated alkanes) is 4. The summed E-state index contributed by atoms with van der Waals surface area (Å²) in [4.78, 5) is 0. The summed E-state index contributed by atoms with van der Waals surface area (Å²) >= 11 is 0. The minimum Gasteiger partial charge on any atom is -0.381 e. The highest BCUT2D eigenvalue weighted by molar-refractivity contribution is 5.14. The monoisotopic (exact) mass is 416 g/mol. The Kier molecular flexibility index (Phi) is 14.0. The van der Waals surface area contributed by atoms with Crippen LogP contribution in [0.15, 0.2) is 12.7 Å². The van der Waals surface area contributed by atoms with Gasteiger partial charge in [0, 0.05) is 25.7 Å². The third kappa shape index (κ3) is 7.93. The van der Waals surface area contributed by atoms with E-state index in [0.29, 0.717) is 33.0 Å². The third-order valence-electron chi connectivity index (χ3n) is 5.51. The van der Waals surface area contributed by atoms with Crippen LogP contribution in [0.3, 0.4) is 0 Å². The van der Waals surface area contributed by atoms with E-state index in [9.17, 15) is 10.2 Å². The van der Waals surface area contributed by atoms with Crippen LogP contribution < -0.4 is 0 Å². The van der Waals surface area contributed by atoms with E-state index >= 15 is 0 Å². The zero-order valence-electron chi connectivity index (χ0n) is 18.8. The zero-order valence-corrected chi connectivity index (χ0v) is 18.8. The molecule has 2 N–H and O–H groups in total. The van der Waals surface area contributed by atoms with E-state index in [-0.39, 0.29) is 6.10 Å². The molecular formula is C23H44O6. The van der Waals surface area contributed by atoms with Gasteiger partial charge < -0.3 is 29.2 Å². The molecule has 0 aromatic carbocycles. The number of aliphatic hydroxyl groups is 2. The third-order valence-corrected chi connectivity index (χ3v) is 5.51. The molecule has 0 radical (unpaired) electrons. The highest BCUT2D eigenvalue weighted by Crippen LogP contribution is 2.46. The second kappa shape index (κ2) is 15.3. The fraction of sp³-hybridized carbons (Fsp3) is 0.913. The summed E-state index contributed by atoms with van der Waals surface area (Å²) in [5.74, 6) is -0.391. The lowest BCUT2D eigenvalue weighted by molar-refractivity contribution is -0.363. The molecule has 1 aliphatic carbocycles. The normalized spacial score (nSPS) is 27.6. The standard InChI is InChI=1S/C23H44O6/c1-5-9-13-17-29-22(24)23(25)19(18-26-14-10-6-2)20(27-15-11-7-3)21(23)28-16-12-8-4/h5,19-22,24-25H,1,6-18H2,2-4H3/t19?,20-,21?,22+,23?/m1/s1. The predicted molar refractivity (Wildman–Crippen MR) is 115 cm³/mol. The number of hydrogen-bond acceptors (Lipinski definition) is 6. The Balaban J connectivity index is 2.84. The SMILES string of the molecule is C=CCCCO[C@H](O)C1(O)C(COCCCC)[C@@H](OCCCC)C1OCCCC. The first-order valence-corrected chi connectivity index (χ1v) is 11.5. The number of hydrogen-bond donors (Lipinski definition) is 2. The maximum absolute atomic E-state index is 11.5. The van der Waals surface area contributed by atoms with E-state index in [1.807, 2.05) is 6.08 Å². The van der Waals surface area contributed by atoms with Gasteiger partial charge in [-0.1, -0.05) is 46.1 Å². The molecule has 0 spiro atoms. The highest BCUT2D eigenvalue weighted by atomic mass is 16.6. The maximum Gasteiger partial charge on any atom is 0.186 e. The second-order valence-corrected chi connectivity index (χ2v) is 7.91. The molecule has 1 aliphatic rings. The molecule has 5 atom stereocenters. The van der Waals surface area contributed by atoms with Gasteiger partial charge in [-0.2, -0.15) is 0 Å². The number of ether oxygens (including phenoxy) is 4. The molecule has 29 heavy (non-hydrogen) atoms. The van der Waals surface area contributed by atoms with Gasteiger partial charge >= 0.3 is 0 Å². The topological polar surface area (TPSA) is 77.4 Å². The zero-order chi connectivity index (χ0) is 21.5. The van der Waals surface area contributed by atoms with Crippen molar-refractivity contribution < 1.29 is 29.2 Å². The average molecular weight is 417 g/mol. The van der Waals surface area contributed by atoms with Crippen molar-refractivity contribution in [2.45, 2.75) is 96.2 Å². The average Bonchev–Trinajstić information content (AvgIpc) is 2.72. The number of aliphatic hydroxyl groups excluding tert-OH is 1. The van der Waals surface area contributed by atoms with Crippen molar-refractivity contribution in [3.05, 3.63) is 12.7 Å². The van der Waals surface area contributed by atoms with Gasteiger partial charge in [-0.3, -0.25) is 0 Å². The summed E-state index contributed by atoms with van der Waals surface area (Å²) in [7, 11) is 0. The van der Waals surface area contributed by atoms with Gasteiger partial charge in [0.2, 0.25) is 0 Å². The lowest BCUT2D eigenvalue weighted by Gasteiger charge is -2.58. The van der Waals surface area contributed by atoms with Crippen LogP contribution in [0.2, 0.25) is 0 Å². The Morgan fingerprint density at radius 3 is 2.17 bits per heavy atom. The summed E-state index contributed by atoms with van der Waals surface area (Å²) < 4.78 is 23.5. The van der Waals surface area contributed by atoms with E-state index < -0.39 is 23.9 Å². The van der Waals surface area contributed by atoms with Gasteiger partial charge in [-0.25, -0.2) is 0 Å². The highest BCUT2D eigenvalue weighted by Gasteiger charge is 2.67. The van der Waals surface area contributed by atoms with Gasteiger partial charge in [0.05, 0.1) is 19.3 Å². The Hall–Kier alpha value is -0.500. The predicted octanol–water partition coefficient (Wildman–Crippen LogP) is 3.84. The molecule has 6 nitrogen and oxygen atoms in total. The van der Waals surface area contributed by atoms with Crippen LogP contribution in [0.25, 0.3) is 0 Å². The Morgan fingerprint density at radius 1 is 0.931 bits per heavy atom. The summed E-state index contributed by atoms with van der Waals surface area (Å²) in [6.45, 7) is 12.4. The molecule has 1 rings (SSSR count). The first-order chi connectivity index (χ1) is 14.1. The molecule has 172 valence electrons. The van der Waals surface area contributed by atoms with Crippen molar-refractivity contribution in [2.75, 3.05) is 33.0 Å². The lowest BCUT2D eigenvalue weighted by Crippen LogP contribution is -2.77. The molecule has 0 saturated heterocycles. The first kappa shape index (κ1) is 26.5. The number of allylic oxidation sites excluding steroid dienone is 1. The van der Waals surface area contributed by atoms with Gasteiger partial charge in [-0.05, 0) is 32.1 Å². The molecule has 0 heterocycles. The van der Waals surface area contributed by atoms with Gasteiger partial charge in [0.25, 0.3) is 0 Å². The van der Waals surface area contributed by atoms with Gasteiger partial charge in [0.1, 0.15) is 6.10 Å². The minimum atomic E-state index is -1.54. The molecular weight excluding hydrogens is 372 g/mol. The van der Waals surface area contributed by atoms with Crippen LogP contribution in [0.4, 0.5) is 0 Å².